The summed E-state index contributed by atoms with van der Waals surface area (Å²) in [5.41, 5.74) is 1.45. The molecule has 3 rings (SSSR count). The van der Waals surface area contributed by atoms with Gasteiger partial charge in [0.1, 0.15) is 11.6 Å². The predicted octanol–water partition coefficient (Wildman–Crippen LogP) is 3.83. The van der Waals surface area contributed by atoms with Gasteiger partial charge < -0.3 is 4.74 Å². The maximum Gasteiger partial charge on any atom is 0.246 e. The minimum absolute atomic E-state index is 0.264. The number of amides is 1. The summed E-state index contributed by atoms with van der Waals surface area (Å²) >= 11 is 1.34. The van der Waals surface area contributed by atoms with E-state index in [1.807, 2.05) is 18.2 Å². The number of hydrogen-bond acceptors (Lipinski definition) is 5. The number of thiazole rings is 1. The van der Waals surface area contributed by atoms with Gasteiger partial charge >= 0.3 is 0 Å². The lowest BCUT2D eigenvalue weighted by molar-refractivity contribution is -0.116. The molecule has 0 aliphatic carbocycles. The molecule has 1 amide bonds. The van der Waals surface area contributed by atoms with Crippen molar-refractivity contribution >= 4 is 38.8 Å². The van der Waals surface area contributed by atoms with Crippen molar-refractivity contribution in [3.8, 4) is 5.75 Å². The van der Waals surface area contributed by atoms with Gasteiger partial charge in [-0.05, 0) is 35.9 Å². The number of anilines is 1. The van der Waals surface area contributed by atoms with Crippen molar-refractivity contribution in [3.63, 3.8) is 0 Å². The lowest BCUT2D eigenvalue weighted by atomic mass is 10.2. The van der Waals surface area contributed by atoms with Crippen molar-refractivity contribution in [1.29, 1.82) is 0 Å². The molecule has 1 heterocycles. The van der Waals surface area contributed by atoms with Crippen LogP contribution in [-0.2, 0) is 4.79 Å². The molecule has 0 aliphatic rings. The van der Waals surface area contributed by atoms with Gasteiger partial charge in [-0.25, -0.2) is 9.37 Å². The summed E-state index contributed by atoms with van der Waals surface area (Å²) < 4.78 is 19.0. The Balaban J connectivity index is 1.93. The topological polar surface area (TPSA) is 54.8 Å². The van der Waals surface area contributed by atoms with Gasteiger partial charge in [0.25, 0.3) is 0 Å². The minimum Gasteiger partial charge on any atom is -0.497 e. The summed E-state index contributed by atoms with van der Waals surface area (Å²) in [4.78, 5) is 16.3. The Hall–Kier alpha value is -2.80. The molecule has 0 saturated carbocycles. The molecule has 0 radical (unpaired) electrons. The fourth-order valence-corrected chi connectivity index (χ4v) is 3.05. The van der Waals surface area contributed by atoms with Gasteiger partial charge in [0.05, 0.1) is 23.5 Å². The van der Waals surface area contributed by atoms with E-state index in [9.17, 15) is 9.18 Å². The number of methoxy groups -OCH3 is 1. The summed E-state index contributed by atoms with van der Waals surface area (Å²) in [6, 6.07) is 11.3. The van der Waals surface area contributed by atoms with E-state index in [0.717, 1.165) is 16.0 Å². The van der Waals surface area contributed by atoms with E-state index in [2.05, 4.69) is 10.1 Å². The van der Waals surface area contributed by atoms with Gasteiger partial charge in [-0.15, -0.1) is 0 Å². The monoisotopic (exact) mass is 343 g/mol. The second-order valence-corrected chi connectivity index (χ2v) is 5.97. The number of carbonyl (C=O) groups is 1. The van der Waals surface area contributed by atoms with E-state index in [-0.39, 0.29) is 11.7 Å². The first kappa shape index (κ1) is 16.1. The van der Waals surface area contributed by atoms with Gasteiger partial charge in [0.15, 0.2) is 0 Å². The average molecular weight is 343 g/mol. The molecule has 0 unspecified atom stereocenters. The molecular weight excluding hydrogens is 329 g/mol. The lowest BCUT2D eigenvalue weighted by Crippen LogP contribution is -2.22. The summed E-state index contributed by atoms with van der Waals surface area (Å²) in [5, 5.41) is 5.87. The molecule has 0 aliphatic heterocycles. The maximum atomic E-state index is 12.9. The zero-order chi connectivity index (χ0) is 17.1. The number of hydrazone groups is 1. The Morgan fingerprint density at radius 2 is 2.04 bits per heavy atom. The molecule has 0 N–H and O–H groups in total. The molecule has 2 aromatic carbocycles. The standard InChI is InChI=1S/C17H14FN3O2S/c1-11(22)21(19-10-12-3-5-13(18)6-4-12)17-20-15-8-7-14(23-2)9-16(15)24-17/h3-10H,1-2H3/b19-10-. The van der Waals surface area contributed by atoms with Crippen LogP contribution in [0.15, 0.2) is 47.6 Å². The van der Waals surface area contributed by atoms with Crippen molar-refractivity contribution < 1.29 is 13.9 Å². The molecule has 24 heavy (non-hydrogen) atoms. The number of carbonyl (C=O) groups excluding carboxylic acids is 1. The smallest absolute Gasteiger partial charge is 0.246 e. The molecule has 0 atom stereocenters. The Labute approximate surface area is 142 Å². The SMILES string of the molecule is COc1ccc2nc(N(/N=C\c3ccc(F)cc3)C(C)=O)sc2c1. The van der Waals surface area contributed by atoms with Gasteiger partial charge in [0, 0.05) is 6.92 Å². The van der Waals surface area contributed by atoms with Crippen molar-refractivity contribution in [2.45, 2.75) is 6.92 Å². The third kappa shape index (κ3) is 3.41. The van der Waals surface area contributed by atoms with Crippen molar-refractivity contribution in [3.05, 3.63) is 53.8 Å². The number of fused-ring (bicyclic) bond motifs is 1. The van der Waals surface area contributed by atoms with Gasteiger partial charge in [-0.3, -0.25) is 4.79 Å². The van der Waals surface area contributed by atoms with Crippen LogP contribution in [0, 0.1) is 5.82 Å². The van der Waals surface area contributed by atoms with E-state index in [0.29, 0.717) is 10.7 Å². The highest BCUT2D eigenvalue weighted by Crippen LogP contribution is 2.31. The first-order valence-electron chi connectivity index (χ1n) is 7.11. The summed E-state index contributed by atoms with van der Waals surface area (Å²) in [7, 11) is 1.60. The number of aromatic nitrogens is 1. The Kier molecular flexibility index (Phi) is 4.52. The quantitative estimate of drug-likeness (QED) is 0.534. The second kappa shape index (κ2) is 6.76. The molecule has 0 fully saturated rings. The Morgan fingerprint density at radius 1 is 1.29 bits per heavy atom. The highest BCUT2D eigenvalue weighted by Gasteiger charge is 2.15. The van der Waals surface area contributed by atoms with Crippen LogP contribution < -0.4 is 9.75 Å². The van der Waals surface area contributed by atoms with Gasteiger partial charge in [0.2, 0.25) is 11.0 Å². The molecule has 122 valence electrons. The summed E-state index contributed by atoms with van der Waals surface area (Å²) in [6.45, 7) is 1.41. The summed E-state index contributed by atoms with van der Waals surface area (Å²) in [6.07, 6.45) is 1.49. The Bertz CT molecular complexity index is 906. The van der Waals surface area contributed by atoms with Gasteiger partial charge in [-0.2, -0.15) is 10.1 Å². The first-order valence-corrected chi connectivity index (χ1v) is 7.93. The van der Waals surface area contributed by atoms with E-state index < -0.39 is 0 Å². The zero-order valence-corrected chi connectivity index (χ0v) is 13.9. The van der Waals surface area contributed by atoms with E-state index >= 15 is 0 Å². The number of rotatable bonds is 4. The van der Waals surface area contributed by atoms with Crippen molar-refractivity contribution in [2.75, 3.05) is 12.1 Å². The largest absolute Gasteiger partial charge is 0.497 e. The minimum atomic E-state index is -0.323. The second-order valence-electron chi connectivity index (χ2n) is 4.96. The number of ether oxygens (including phenoxy) is 1. The van der Waals surface area contributed by atoms with Crippen LogP contribution in [0.2, 0.25) is 0 Å². The van der Waals surface area contributed by atoms with Crippen molar-refractivity contribution in [2.24, 2.45) is 5.10 Å². The average Bonchev–Trinajstić information content (AvgIpc) is 2.98. The number of hydrogen-bond donors (Lipinski definition) is 0. The number of benzene rings is 2. The van der Waals surface area contributed by atoms with Crippen LogP contribution in [0.5, 0.6) is 5.75 Å². The maximum absolute atomic E-state index is 12.9. The van der Waals surface area contributed by atoms with Crippen LogP contribution in [0.25, 0.3) is 10.2 Å². The number of halogens is 1. The molecule has 7 heteroatoms. The van der Waals surface area contributed by atoms with E-state index in [4.69, 9.17) is 4.74 Å². The molecule has 0 bridgehead atoms. The van der Waals surface area contributed by atoms with Crippen LogP contribution in [-0.4, -0.2) is 24.2 Å². The zero-order valence-electron chi connectivity index (χ0n) is 13.1. The molecule has 1 aromatic heterocycles. The summed E-state index contributed by atoms with van der Waals surface area (Å²) in [5.74, 6) is 0.136. The third-order valence-electron chi connectivity index (χ3n) is 3.26. The Morgan fingerprint density at radius 3 is 2.71 bits per heavy atom. The molecule has 5 nitrogen and oxygen atoms in total. The molecular formula is C17H14FN3O2S. The van der Waals surface area contributed by atoms with Gasteiger partial charge in [-0.1, -0.05) is 23.5 Å². The van der Waals surface area contributed by atoms with Crippen LogP contribution in [0.4, 0.5) is 9.52 Å². The highest BCUT2D eigenvalue weighted by atomic mass is 32.1. The number of nitrogens with zero attached hydrogens (tertiary/aromatic N) is 3. The first-order chi connectivity index (χ1) is 11.6. The van der Waals surface area contributed by atoms with Crippen LogP contribution in [0.3, 0.4) is 0 Å². The fourth-order valence-electron chi connectivity index (χ4n) is 2.05. The van der Waals surface area contributed by atoms with E-state index in [1.54, 1.807) is 19.2 Å². The van der Waals surface area contributed by atoms with Crippen LogP contribution >= 0.6 is 11.3 Å². The molecule has 0 spiro atoms. The fraction of sp³-hybridized carbons (Fsp3) is 0.118. The molecule has 3 aromatic rings. The molecule has 0 saturated heterocycles. The third-order valence-corrected chi connectivity index (χ3v) is 4.25. The van der Waals surface area contributed by atoms with Crippen molar-refractivity contribution in [1.82, 2.24) is 4.98 Å². The normalized spacial score (nSPS) is 11.1. The van der Waals surface area contributed by atoms with E-state index in [1.165, 1.54) is 41.6 Å². The van der Waals surface area contributed by atoms with Crippen LogP contribution in [0.1, 0.15) is 12.5 Å². The lowest BCUT2D eigenvalue weighted by Gasteiger charge is -2.10. The highest BCUT2D eigenvalue weighted by molar-refractivity contribution is 7.22. The predicted molar refractivity (Wildman–Crippen MR) is 93.3 cm³/mol.